The minimum atomic E-state index is -4.02. The van der Waals surface area contributed by atoms with Gasteiger partial charge in [0.2, 0.25) is 10.0 Å². The molecule has 8 nitrogen and oxygen atoms in total. The van der Waals surface area contributed by atoms with Crippen molar-refractivity contribution in [2.75, 3.05) is 0 Å². The van der Waals surface area contributed by atoms with Gasteiger partial charge in [-0.05, 0) is 25.0 Å². The van der Waals surface area contributed by atoms with Gasteiger partial charge >= 0.3 is 5.97 Å². The van der Waals surface area contributed by atoms with Crippen LogP contribution in [0.3, 0.4) is 0 Å². The van der Waals surface area contributed by atoms with Crippen LogP contribution in [0.2, 0.25) is 0 Å². The van der Waals surface area contributed by atoms with Gasteiger partial charge in [0, 0.05) is 6.07 Å². The molecule has 0 spiro atoms. The van der Waals surface area contributed by atoms with Crippen LogP contribution >= 0.6 is 0 Å². The van der Waals surface area contributed by atoms with Crippen LogP contribution < -0.4 is 10.5 Å². The first-order chi connectivity index (χ1) is 11.6. The van der Waals surface area contributed by atoms with E-state index in [-0.39, 0.29) is 22.8 Å². The minimum absolute atomic E-state index is 0.0154. The van der Waals surface area contributed by atoms with E-state index in [0.717, 1.165) is 11.6 Å². The van der Waals surface area contributed by atoms with Gasteiger partial charge in [0.05, 0.1) is 12.5 Å². The summed E-state index contributed by atoms with van der Waals surface area (Å²) in [6, 6.07) is 7.27. The van der Waals surface area contributed by atoms with Crippen molar-refractivity contribution in [3.8, 4) is 0 Å². The first-order valence-electron chi connectivity index (χ1n) is 7.31. The van der Waals surface area contributed by atoms with Crippen LogP contribution in [0.15, 0.2) is 39.6 Å². The number of primary sulfonamides is 1. The second-order valence-electron chi connectivity index (χ2n) is 5.56. The molecule has 1 aromatic carbocycles. The Bertz CT molecular complexity index is 916. The highest BCUT2D eigenvalue weighted by Crippen LogP contribution is 2.23. The highest BCUT2D eigenvalue weighted by Gasteiger charge is 2.25. The molecule has 0 aliphatic rings. The molecule has 2 aromatic rings. The molecular formula is C16H18N2O6S. The number of benzene rings is 1. The highest BCUT2D eigenvalue weighted by atomic mass is 32.2. The summed E-state index contributed by atoms with van der Waals surface area (Å²) in [5, 5.41) is 16.7. The van der Waals surface area contributed by atoms with Crippen LogP contribution in [0.1, 0.15) is 39.9 Å². The number of carboxylic acids is 1. The van der Waals surface area contributed by atoms with Gasteiger partial charge in [0.15, 0.2) is 5.76 Å². The maximum Gasteiger partial charge on any atom is 0.305 e. The van der Waals surface area contributed by atoms with E-state index in [1.165, 1.54) is 6.92 Å². The molecule has 0 bridgehead atoms. The number of aliphatic carboxylic acids is 1. The van der Waals surface area contributed by atoms with Crippen LogP contribution in [-0.2, 0) is 14.8 Å². The van der Waals surface area contributed by atoms with Gasteiger partial charge in [0.1, 0.15) is 10.7 Å². The molecule has 2 rings (SSSR count). The number of aryl methyl sites for hydroxylation is 2. The number of sulfonamides is 1. The number of carbonyl (C=O) groups excluding carboxylic acids is 1. The van der Waals surface area contributed by atoms with Gasteiger partial charge in [-0.25, -0.2) is 13.6 Å². The van der Waals surface area contributed by atoms with E-state index in [9.17, 15) is 18.0 Å². The molecule has 4 N–H and O–H groups in total. The quantitative estimate of drug-likeness (QED) is 0.707. The Morgan fingerprint density at radius 3 is 2.44 bits per heavy atom. The Morgan fingerprint density at radius 2 is 1.92 bits per heavy atom. The van der Waals surface area contributed by atoms with Gasteiger partial charge in [-0.15, -0.1) is 0 Å². The third-order valence-electron chi connectivity index (χ3n) is 3.65. The second-order valence-corrected chi connectivity index (χ2v) is 7.09. The van der Waals surface area contributed by atoms with Crippen LogP contribution in [-0.4, -0.2) is 25.4 Å². The van der Waals surface area contributed by atoms with Crippen molar-refractivity contribution in [3.63, 3.8) is 0 Å². The number of hydrogen-bond donors (Lipinski definition) is 3. The number of nitrogens with two attached hydrogens (primary N) is 1. The normalized spacial score (nSPS) is 12.6. The summed E-state index contributed by atoms with van der Waals surface area (Å²) in [4.78, 5) is 23.2. The van der Waals surface area contributed by atoms with E-state index < -0.39 is 27.9 Å². The summed E-state index contributed by atoms with van der Waals surface area (Å²) in [6.45, 7) is 3.17. The van der Waals surface area contributed by atoms with Crippen LogP contribution in [0.5, 0.6) is 0 Å². The molecule has 1 heterocycles. The Morgan fingerprint density at radius 1 is 1.28 bits per heavy atom. The number of amides is 1. The fourth-order valence-corrected chi connectivity index (χ4v) is 3.19. The maximum atomic E-state index is 12.4. The van der Waals surface area contributed by atoms with E-state index in [1.54, 1.807) is 31.2 Å². The number of furan rings is 1. The molecule has 134 valence electrons. The molecule has 0 saturated heterocycles. The van der Waals surface area contributed by atoms with Gasteiger partial charge < -0.3 is 14.8 Å². The monoisotopic (exact) mass is 366 g/mol. The predicted octanol–water partition coefficient (Wildman–Crippen LogP) is 1.49. The average molecular weight is 366 g/mol. The van der Waals surface area contributed by atoms with Gasteiger partial charge in [-0.2, -0.15) is 0 Å². The third kappa shape index (κ3) is 4.46. The molecule has 0 fully saturated rings. The Balaban J connectivity index is 2.32. The smallest absolute Gasteiger partial charge is 0.305 e. The molecule has 9 heteroatoms. The SMILES string of the molecule is Cc1ccccc1C(CC(=O)O)NC(=O)c1cc(S(N)(=O)=O)c(C)o1. The molecule has 0 aliphatic carbocycles. The lowest BCUT2D eigenvalue weighted by Gasteiger charge is -2.18. The zero-order valence-electron chi connectivity index (χ0n) is 13.6. The molecule has 0 saturated carbocycles. The molecular weight excluding hydrogens is 348 g/mol. The van der Waals surface area contributed by atoms with Gasteiger partial charge in [-0.1, -0.05) is 24.3 Å². The van der Waals surface area contributed by atoms with Crippen molar-refractivity contribution in [2.45, 2.75) is 31.2 Å². The number of carboxylic acid groups (broad SMARTS) is 1. The van der Waals surface area contributed by atoms with Crippen LogP contribution in [0, 0.1) is 13.8 Å². The summed E-state index contributed by atoms with van der Waals surface area (Å²) in [6.07, 6.45) is -0.335. The minimum Gasteiger partial charge on any atom is -0.481 e. The maximum absolute atomic E-state index is 12.4. The van der Waals surface area contributed by atoms with Crippen LogP contribution in [0.25, 0.3) is 0 Å². The molecule has 0 aliphatic heterocycles. The molecule has 1 aromatic heterocycles. The third-order valence-corrected chi connectivity index (χ3v) is 4.67. The van der Waals surface area contributed by atoms with E-state index in [2.05, 4.69) is 5.32 Å². The van der Waals surface area contributed by atoms with Crippen molar-refractivity contribution in [2.24, 2.45) is 5.14 Å². The van der Waals surface area contributed by atoms with Gasteiger partial charge in [-0.3, -0.25) is 9.59 Å². The molecule has 0 radical (unpaired) electrons. The van der Waals surface area contributed by atoms with E-state index in [4.69, 9.17) is 14.7 Å². The van der Waals surface area contributed by atoms with Crippen molar-refractivity contribution in [3.05, 3.63) is 53.0 Å². The fourth-order valence-electron chi connectivity index (χ4n) is 2.48. The summed E-state index contributed by atoms with van der Waals surface area (Å²) < 4.78 is 28.0. The van der Waals surface area contributed by atoms with E-state index in [1.807, 2.05) is 0 Å². The topological polar surface area (TPSA) is 140 Å². The molecule has 1 atom stereocenters. The standard InChI is InChI=1S/C16H18N2O6S/c1-9-5-3-4-6-11(9)12(7-15(19)20)18-16(21)13-8-14(10(2)24-13)25(17,22)23/h3-6,8,12H,7H2,1-2H3,(H,18,21)(H,19,20)(H2,17,22,23). The lowest BCUT2D eigenvalue weighted by molar-refractivity contribution is -0.137. The number of carbonyl (C=O) groups is 2. The zero-order valence-corrected chi connectivity index (χ0v) is 14.5. The van der Waals surface area contributed by atoms with Crippen molar-refractivity contribution in [1.82, 2.24) is 5.32 Å². The Kier molecular flexibility index (Phi) is 5.29. The second kappa shape index (κ2) is 7.08. The summed E-state index contributed by atoms with van der Waals surface area (Å²) in [7, 11) is -4.02. The molecule has 25 heavy (non-hydrogen) atoms. The highest BCUT2D eigenvalue weighted by molar-refractivity contribution is 7.89. The largest absolute Gasteiger partial charge is 0.481 e. The van der Waals surface area contributed by atoms with Gasteiger partial charge in [0.25, 0.3) is 5.91 Å². The number of nitrogens with one attached hydrogen (secondary N) is 1. The zero-order chi connectivity index (χ0) is 18.8. The summed E-state index contributed by atoms with van der Waals surface area (Å²) >= 11 is 0. The summed E-state index contributed by atoms with van der Waals surface area (Å²) in [5.41, 5.74) is 1.46. The van der Waals surface area contributed by atoms with Crippen molar-refractivity contribution in [1.29, 1.82) is 0 Å². The number of rotatable bonds is 6. The molecule has 1 amide bonds. The molecule has 1 unspecified atom stereocenters. The lowest BCUT2D eigenvalue weighted by Crippen LogP contribution is -2.30. The van der Waals surface area contributed by atoms with E-state index in [0.29, 0.717) is 5.56 Å². The van der Waals surface area contributed by atoms with Crippen molar-refractivity contribution >= 4 is 21.9 Å². The average Bonchev–Trinajstić information content (AvgIpc) is 2.89. The number of hydrogen-bond acceptors (Lipinski definition) is 5. The Labute approximate surface area is 144 Å². The predicted molar refractivity (Wildman–Crippen MR) is 88.5 cm³/mol. The first kappa shape index (κ1) is 18.7. The summed E-state index contributed by atoms with van der Waals surface area (Å²) in [5.74, 6) is -2.09. The van der Waals surface area contributed by atoms with Crippen molar-refractivity contribution < 1.29 is 27.5 Å². The van der Waals surface area contributed by atoms with Crippen LogP contribution in [0.4, 0.5) is 0 Å². The fraction of sp³-hybridized carbons (Fsp3) is 0.250. The lowest BCUT2D eigenvalue weighted by atomic mass is 9.98. The Hall–Kier alpha value is -2.65. The first-order valence-corrected chi connectivity index (χ1v) is 8.85. The van der Waals surface area contributed by atoms with E-state index >= 15 is 0 Å².